The maximum atomic E-state index is 9.94. The second-order valence-electron chi connectivity index (χ2n) is 6.15. The number of aliphatic hydroxyl groups is 1. The average molecular weight is 260 g/mol. The van der Waals surface area contributed by atoms with Crippen molar-refractivity contribution in [3.05, 3.63) is 35.9 Å². The number of benzene rings is 1. The summed E-state index contributed by atoms with van der Waals surface area (Å²) in [6.45, 7) is 4.23. The van der Waals surface area contributed by atoms with Crippen LogP contribution < -0.4 is 5.32 Å². The molecule has 1 aromatic rings. The van der Waals surface area contributed by atoms with Gasteiger partial charge in [-0.1, -0.05) is 30.3 Å². The van der Waals surface area contributed by atoms with E-state index in [4.69, 9.17) is 0 Å². The van der Waals surface area contributed by atoms with Crippen LogP contribution in [0.1, 0.15) is 31.2 Å². The highest BCUT2D eigenvalue weighted by atomic mass is 16.3. The van der Waals surface area contributed by atoms with Gasteiger partial charge in [-0.15, -0.1) is 0 Å². The van der Waals surface area contributed by atoms with Gasteiger partial charge in [0.2, 0.25) is 0 Å². The van der Waals surface area contributed by atoms with E-state index in [0.717, 1.165) is 32.5 Å². The molecule has 2 unspecified atom stereocenters. The Kier molecular flexibility index (Phi) is 3.87. The Labute approximate surface area is 115 Å². The van der Waals surface area contributed by atoms with Crippen LogP contribution in [0.25, 0.3) is 0 Å². The SMILES string of the molecule is OC1CCNC2(CCCN(Cc3ccccc3)C2)C1. The van der Waals surface area contributed by atoms with Crippen molar-refractivity contribution >= 4 is 0 Å². The van der Waals surface area contributed by atoms with E-state index in [9.17, 15) is 5.11 Å². The molecule has 2 heterocycles. The first-order valence-corrected chi connectivity index (χ1v) is 7.45. The topological polar surface area (TPSA) is 35.5 Å². The number of rotatable bonds is 2. The first-order valence-electron chi connectivity index (χ1n) is 7.45. The normalized spacial score (nSPS) is 32.6. The third-order valence-electron chi connectivity index (χ3n) is 4.51. The molecule has 2 atom stereocenters. The molecule has 0 aliphatic carbocycles. The first kappa shape index (κ1) is 13.1. The van der Waals surface area contributed by atoms with Gasteiger partial charge < -0.3 is 10.4 Å². The second kappa shape index (κ2) is 5.61. The van der Waals surface area contributed by atoms with Crippen molar-refractivity contribution < 1.29 is 5.11 Å². The summed E-state index contributed by atoms with van der Waals surface area (Å²) in [5.74, 6) is 0. The first-order chi connectivity index (χ1) is 9.26. The van der Waals surface area contributed by atoms with Gasteiger partial charge in [0.15, 0.2) is 0 Å². The molecule has 0 amide bonds. The Hall–Kier alpha value is -0.900. The summed E-state index contributed by atoms with van der Waals surface area (Å²) < 4.78 is 0. The lowest BCUT2D eigenvalue weighted by Gasteiger charge is -2.47. The van der Waals surface area contributed by atoms with Gasteiger partial charge in [0.25, 0.3) is 0 Å². The van der Waals surface area contributed by atoms with Gasteiger partial charge >= 0.3 is 0 Å². The molecule has 2 aliphatic heterocycles. The van der Waals surface area contributed by atoms with Gasteiger partial charge in [-0.2, -0.15) is 0 Å². The van der Waals surface area contributed by atoms with Crippen LogP contribution in [-0.2, 0) is 6.54 Å². The fourth-order valence-electron chi connectivity index (χ4n) is 3.64. The highest BCUT2D eigenvalue weighted by Gasteiger charge is 2.38. The van der Waals surface area contributed by atoms with Crippen LogP contribution in [0, 0.1) is 0 Å². The minimum absolute atomic E-state index is 0.113. The predicted molar refractivity (Wildman–Crippen MR) is 76.9 cm³/mol. The third kappa shape index (κ3) is 3.16. The molecule has 2 N–H and O–H groups in total. The number of likely N-dealkylation sites (tertiary alicyclic amines) is 1. The lowest BCUT2D eigenvalue weighted by molar-refractivity contribution is 0.0287. The molecular weight excluding hydrogens is 236 g/mol. The number of hydrogen-bond acceptors (Lipinski definition) is 3. The Morgan fingerprint density at radius 3 is 2.95 bits per heavy atom. The van der Waals surface area contributed by atoms with Crippen LogP contribution >= 0.6 is 0 Å². The van der Waals surface area contributed by atoms with Crippen LogP contribution in [0.15, 0.2) is 30.3 Å². The van der Waals surface area contributed by atoms with Crippen molar-refractivity contribution in [3.8, 4) is 0 Å². The van der Waals surface area contributed by atoms with Gasteiger partial charge in [0.1, 0.15) is 0 Å². The van der Waals surface area contributed by atoms with E-state index in [0.29, 0.717) is 0 Å². The average Bonchev–Trinajstić information content (AvgIpc) is 2.39. The van der Waals surface area contributed by atoms with Crippen molar-refractivity contribution in [2.75, 3.05) is 19.6 Å². The Morgan fingerprint density at radius 2 is 2.16 bits per heavy atom. The molecule has 3 nitrogen and oxygen atoms in total. The van der Waals surface area contributed by atoms with Gasteiger partial charge in [-0.3, -0.25) is 4.90 Å². The molecule has 2 aliphatic rings. The van der Waals surface area contributed by atoms with E-state index in [2.05, 4.69) is 40.5 Å². The van der Waals surface area contributed by atoms with Crippen LogP contribution in [0.5, 0.6) is 0 Å². The van der Waals surface area contributed by atoms with Crippen LogP contribution in [-0.4, -0.2) is 41.3 Å². The quantitative estimate of drug-likeness (QED) is 0.850. The number of aliphatic hydroxyl groups excluding tert-OH is 1. The zero-order valence-electron chi connectivity index (χ0n) is 11.5. The van der Waals surface area contributed by atoms with Gasteiger partial charge in [0.05, 0.1) is 6.10 Å². The summed E-state index contributed by atoms with van der Waals surface area (Å²) in [6, 6.07) is 10.7. The lowest BCUT2D eigenvalue weighted by atomic mass is 9.80. The van der Waals surface area contributed by atoms with E-state index < -0.39 is 0 Å². The summed E-state index contributed by atoms with van der Waals surface area (Å²) >= 11 is 0. The van der Waals surface area contributed by atoms with Crippen molar-refractivity contribution in [1.29, 1.82) is 0 Å². The molecule has 19 heavy (non-hydrogen) atoms. The van der Waals surface area contributed by atoms with Gasteiger partial charge in [-0.25, -0.2) is 0 Å². The Morgan fingerprint density at radius 1 is 1.32 bits per heavy atom. The Balaban J connectivity index is 1.64. The summed E-state index contributed by atoms with van der Waals surface area (Å²) in [4.78, 5) is 2.53. The summed E-state index contributed by atoms with van der Waals surface area (Å²) in [5, 5.41) is 13.6. The van der Waals surface area contributed by atoms with Crippen molar-refractivity contribution in [1.82, 2.24) is 10.2 Å². The zero-order valence-corrected chi connectivity index (χ0v) is 11.5. The summed E-state index contributed by atoms with van der Waals surface area (Å²) in [7, 11) is 0. The highest BCUT2D eigenvalue weighted by molar-refractivity contribution is 5.15. The van der Waals surface area contributed by atoms with Gasteiger partial charge in [-0.05, 0) is 44.3 Å². The fourth-order valence-corrected chi connectivity index (χ4v) is 3.64. The molecule has 0 aromatic heterocycles. The van der Waals surface area contributed by atoms with E-state index in [1.54, 1.807) is 0 Å². The number of piperidine rings is 2. The fraction of sp³-hybridized carbons (Fsp3) is 0.625. The zero-order chi connectivity index (χ0) is 13.1. The largest absolute Gasteiger partial charge is 0.393 e. The third-order valence-corrected chi connectivity index (χ3v) is 4.51. The molecule has 0 bridgehead atoms. The summed E-state index contributed by atoms with van der Waals surface area (Å²) in [5.41, 5.74) is 1.54. The maximum Gasteiger partial charge on any atom is 0.0570 e. The van der Waals surface area contributed by atoms with Gasteiger partial charge in [0, 0.05) is 18.6 Å². The number of nitrogens with one attached hydrogen (secondary N) is 1. The molecule has 3 rings (SSSR count). The predicted octanol–water partition coefficient (Wildman–Crippen LogP) is 1.77. The smallest absolute Gasteiger partial charge is 0.0570 e. The van der Waals surface area contributed by atoms with Crippen molar-refractivity contribution in [3.63, 3.8) is 0 Å². The maximum absolute atomic E-state index is 9.94. The van der Waals surface area contributed by atoms with E-state index in [1.165, 1.54) is 24.9 Å². The molecule has 0 radical (unpaired) electrons. The van der Waals surface area contributed by atoms with E-state index in [-0.39, 0.29) is 11.6 Å². The Bertz CT molecular complexity index is 404. The minimum atomic E-state index is -0.113. The number of nitrogens with zero attached hydrogens (tertiary/aromatic N) is 1. The molecule has 3 heteroatoms. The highest BCUT2D eigenvalue weighted by Crippen LogP contribution is 2.30. The molecule has 0 saturated carbocycles. The number of hydrogen-bond donors (Lipinski definition) is 2. The van der Waals surface area contributed by atoms with Crippen molar-refractivity contribution in [2.24, 2.45) is 0 Å². The molecule has 2 fully saturated rings. The molecule has 2 saturated heterocycles. The molecular formula is C16H24N2O. The second-order valence-corrected chi connectivity index (χ2v) is 6.15. The standard InChI is InChI=1S/C16H24N2O/c19-15-7-9-17-16(11-15)8-4-10-18(13-16)12-14-5-2-1-3-6-14/h1-3,5-6,15,17,19H,4,7-13H2. The van der Waals surface area contributed by atoms with Crippen LogP contribution in [0.2, 0.25) is 0 Å². The summed E-state index contributed by atoms with van der Waals surface area (Å²) in [6.07, 6.45) is 4.14. The van der Waals surface area contributed by atoms with E-state index in [1.807, 2.05) is 0 Å². The van der Waals surface area contributed by atoms with Crippen molar-refractivity contribution in [2.45, 2.75) is 43.9 Å². The van der Waals surface area contributed by atoms with E-state index >= 15 is 0 Å². The monoisotopic (exact) mass is 260 g/mol. The molecule has 104 valence electrons. The molecule has 1 spiro atoms. The minimum Gasteiger partial charge on any atom is -0.393 e. The lowest BCUT2D eigenvalue weighted by Crippen LogP contribution is -2.61. The van der Waals surface area contributed by atoms with Crippen LogP contribution in [0.3, 0.4) is 0 Å². The van der Waals surface area contributed by atoms with Crippen LogP contribution in [0.4, 0.5) is 0 Å². The molecule has 1 aromatic carbocycles.